The molecule has 0 unspecified atom stereocenters. The van der Waals surface area contributed by atoms with Crippen molar-refractivity contribution in [2.24, 2.45) is 0 Å². The Morgan fingerprint density at radius 3 is 2.32 bits per heavy atom. The van der Waals surface area contributed by atoms with Crippen molar-refractivity contribution in [2.45, 2.75) is 45.2 Å². The summed E-state index contributed by atoms with van der Waals surface area (Å²) in [5, 5.41) is 13.9. The first-order valence-corrected chi connectivity index (χ1v) is 7.73. The Morgan fingerprint density at radius 2 is 1.80 bits per heavy atom. The maximum Gasteiger partial charge on any atom is 0.326 e. The van der Waals surface area contributed by atoms with Crippen LogP contribution in [0, 0.1) is 5.82 Å². The van der Waals surface area contributed by atoms with E-state index >= 15 is 0 Å². The lowest BCUT2D eigenvalue weighted by Gasteiger charge is -2.21. The van der Waals surface area contributed by atoms with Gasteiger partial charge in [-0.25, -0.2) is 9.18 Å². The minimum Gasteiger partial charge on any atom is -0.480 e. The number of hydrogen-bond donors (Lipinski definition) is 3. The maximum atomic E-state index is 13.3. The highest BCUT2D eigenvalue weighted by Gasteiger charge is 2.26. The summed E-state index contributed by atoms with van der Waals surface area (Å²) in [4.78, 5) is 45.9. The lowest BCUT2D eigenvalue weighted by molar-refractivity contribution is -0.142. The van der Waals surface area contributed by atoms with Crippen LogP contribution < -0.4 is 10.6 Å². The molecule has 8 heteroatoms. The zero-order valence-corrected chi connectivity index (χ0v) is 14.0. The summed E-state index contributed by atoms with van der Waals surface area (Å²) in [6, 6.07) is 3.24. The molecular formula is C17H21FN2O5. The number of hydrogen-bond acceptors (Lipinski definition) is 4. The van der Waals surface area contributed by atoms with E-state index in [4.69, 9.17) is 5.11 Å². The number of ketones is 1. The summed E-state index contributed by atoms with van der Waals surface area (Å²) in [7, 11) is 0. The lowest BCUT2D eigenvalue weighted by Crippen LogP contribution is -2.52. The zero-order valence-electron chi connectivity index (χ0n) is 14.0. The van der Waals surface area contributed by atoms with Crippen molar-refractivity contribution in [2.75, 3.05) is 0 Å². The summed E-state index contributed by atoms with van der Waals surface area (Å²) < 4.78 is 13.3. The summed E-state index contributed by atoms with van der Waals surface area (Å²) in [5.74, 6) is -3.15. The molecule has 2 amide bonds. The number of carboxylic acid groups (broad SMARTS) is 1. The molecule has 0 aliphatic carbocycles. The number of halogens is 1. The average molecular weight is 352 g/mol. The molecule has 136 valence electrons. The van der Waals surface area contributed by atoms with Crippen LogP contribution in [0.25, 0.3) is 0 Å². The molecule has 1 aromatic carbocycles. The SMILES string of the molecule is CC(=O)CC[C@@H](NC(=O)[C@@H](Cc1cccc(F)c1)NC(C)=O)C(=O)O. The van der Waals surface area contributed by atoms with Crippen LogP contribution in [0.2, 0.25) is 0 Å². The molecule has 0 radical (unpaired) electrons. The van der Waals surface area contributed by atoms with Crippen LogP contribution in [0.5, 0.6) is 0 Å². The number of carbonyl (C=O) groups excluding carboxylic acids is 3. The Labute approximate surface area is 144 Å². The quantitative estimate of drug-likeness (QED) is 0.609. The van der Waals surface area contributed by atoms with Crippen molar-refractivity contribution in [1.29, 1.82) is 0 Å². The second kappa shape index (κ2) is 9.51. The van der Waals surface area contributed by atoms with Gasteiger partial charge in [-0.2, -0.15) is 0 Å². The highest BCUT2D eigenvalue weighted by molar-refractivity contribution is 5.90. The number of carbonyl (C=O) groups is 4. The smallest absolute Gasteiger partial charge is 0.326 e. The van der Waals surface area contributed by atoms with Gasteiger partial charge < -0.3 is 20.5 Å². The third-order valence-electron chi connectivity index (χ3n) is 3.42. The largest absolute Gasteiger partial charge is 0.480 e. The van der Waals surface area contributed by atoms with E-state index in [0.29, 0.717) is 5.56 Å². The third-order valence-corrected chi connectivity index (χ3v) is 3.42. The van der Waals surface area contributed by atoms with Crippen LogP contribution in [0.3, 0.4) is 0 Å². The molecule has 0 bridgehead atoms. The number of rotatable bonds is 9. The van der Waals surface area contributed by atoms with Gasteiger partial charge in [0.25, 0.3) is 0 Å². The van der Waals surface area contributed by atoms with Crippen LogP contribution in [0.4, 0.5) is 4.39 Å². The standard InChI is InChI=1S/C17H21FN2O5/c1-10(21)6-7-14(17(24)25)20-16(23)15(19-11(2)22)9-12-4-3-5-13(18)8-12/h3-5,8,14-15H,6-7,9H2,1-2H3,(H,19,22)(H,20,23)(H,24,25)/t14-,15-/m1/s1. The normalized spacial score (nSPS) is 12.8. The van der Waals surface area contributed by atoms with Gasteiger partial charge in [-0.15, -0.1) is 0 Å². The molecule has 7 nitrogen and oxygen atoms in total. The van der Waals surface area contributed by atoms with Crippen LogP contribution >= 0.6 is 0 Å². The molecule has 0 spiro atoms. The molecule has 0 fully saturated rings. The fraction of sp³-hybridized carbons (Fsp3) is 0.412. The van der Waals surface area contributed by atoms with Gasteiger partial charge in [0, 0.05) is 19.8 Å². The van der Waals surface area contributed by atoms with Gasteiger partial charge in [-0.1, -0.05) is 12.1 Å². The predicted molar refractivity (Wildman–Crippen MR) is 87.2 cm³/mol. The molecule has 3 N–H and O–H groups in total. The highest BCUT2D eigenvalue weighted by Crippen LogP contribution is 2.08. The van der Waals surface area contributed by atoms with Crippen molar-refractivity contribution < 1.29 is 28.7 Å². The van der Waals surface area contributed by atoms with Crippen LogP contribution in [0.1, 0.15) is 32.3 Å². The number of benzene rings is 1. The van der Waals surface area contributed by atoms with E-state index in [9.17, 15) is 23.6 Å². The van der Waals surface area contributed by atoms with E-state index in [1.165, 1.54) is 32.0 Å². The Balaban J connectivity index is 2.85. The number of carboxylic acids is 1. The fourth-order valence-corrected chi connectivity index (χ4v) is 2.23. The molecule has 1 rings (SSSR count). The van der Waals surface area contributed by atoms with E-state index in [1.54, 1.807) is 6.07 Å². The summed E-state index contributed by atoms with van der Waals surface area (Å²) in [6.07, 6.45) is -0.0443. The molecule has 0 aliphatic rings. The van der Waals surface area contributed by atoms with Gasteiger partial charge in [0.2, 0.25) is 11.8 Å². The van der Waals surface area contributed by atoms with Gasteiger partial charge in [-0.3, -0.25) is 9.59 Å². The molecule has 2 atom stereocenters. The van der Waals surface area contributed by atoms with Crippen molar-refractivity contribution in [3.8, 4) is 0 Å². The van der Waals surface area contributed by atoms with Crippen LogP contribution in [0.15, 0.2) is 24.3 Å². The second-order valence-corrected chi connectivity index (χ2v) is 5.73. The predicted octanol–water partition coefficient (Wildman–Crippen LogP) is 0.811. The van der Waals surface area contributed by atoms with E-state index in [2.05, 4.69) is 10.6 Å². The number of aliphatic carboxylic acids is 1. The average Bonchev–Trinajstić information content (AvgIpc) is 2.49. The van der Waals surface area contributed by atoms with E-state index in [1.807, 2.05) is 0 Å². The molecule has 0 aromatic heterocycles. The molecule has 0 heterocycles. The van der Waals surface area contributed by atoms with Gasteiger partial charge in [0.05, 0.1) is 0 Å². The Kier molecular flexibility index (Phi) is 7.71. The van der Waals surface area contributed by atoms with Crippen LogP contribution in [-0.4, -0.2) is 40.8 Å². The second-order valence-electron chi connectivity index (χ2n) is 5.73. The Hall–Kier alpha value is -2.77. The summed E-state index contributed by atoms with van der Waals surface area (Å²) in [5.41, 5.74) is 0.476. The van der Waals surface area contributed by atoms with E-state index in [0.717, 1.165) is 0 Å². The first-order valence-electron chi connectivity index (χ1n) is 7.73. The Bertz CT molecular complexity index is 662. The highest BCUT2D eigenvalue weighted by atomic mass is 19.1. The molecule has 0 saturated heterocycles. The minimum absolute atomic E-state index is 0.00220. The fourth-order valence-electron chi connectivity index (χ4n) is 2.23. The van der Waals surface area contributed by atoms with Crippen molar-refractivity contribution in [3.63, 3.8) is 0 Å². The van der Waals surface area contributed by atoms with Gasteiger partial charge in [0.1, 0.15) is 23.7 Å². The first kappa shape index (κ1) is 20.3. The summed E-state index contributed by atoms with van der Waals surface area (Å²) in [6.45, 7) is 2.54. The monoisotopic (exact) mass is 352 g/mol. The first-order chi connectivity index (χ1) is 11.7. The number of amides is 2. The van der Waals surface area contributed by atoms with E-state index in [-0.39, 0.29) is 25.0 Å². The topological polar surface area (TPSA) is 113 Å². The van der Waals surface area contributed by atoms with Crippen molar-refractivity contribution in [3.05, 3.63) is 35.6 Å². The minimum atomic E-state index is -1.28. The van der Waals surface area contributed by atoms with E-state index < -0.39 is 35.7 Å². The zero-order chi connectivity index (χ0) is 19.0. The Morgan fingerprint density at radius 1 is 1.12 bits per heavy atom. The lowest BCUT2D eigenvalue weighted by atomic mass is 10.0. The summed E-state index contributed by atoms with van der Waals surface area (Å²) >= 11 is 0. The van der Waals surface area contributed by atoms with Crippen LogP contribution in [-0.2, 0) is 25.6 Å². The van der Waals surface area contributed by atoms with Crippen molar-refractivity contribution >= 4 is 23.6 Å². The number of Topliss-reactive ketones (excluding diaryl/α,β-unsaturated/α-hetero) is 1. The maximum absolute atomic E-state index is 13.3. The molecule has 0 aliphatic heterocycles. The molecule has 0 saturated carbocycles. The van der Waals surface area contributed by atoms with Gasteiger partial charge in [-0.05, 0) is 31.0 Å². The molecular weight excluding hydrogens is 331 g/mol. The molecule has 25 heavy (non-hydrogen) atoms. The molecule has 1 aromatic rings. The van der Waals surface area contributed by atoms with Crippen molar-refractivity contribution in [1.82, 2.24) is 10.6 Å². The van der Waals surface area contributed by atoms with Gasteiger partial charge in [0.15, 0.2) is 0 Å². The third kappa shape index (κ3) is 7.56. The van der Waals surface area contributed by atoms with Gasteiger partial charge >= 0.3 is 5.97 Å². The number of nitrogens with one attached hydrogen (secondary N) is 2.